The van der Waals surface area contributed by atoms with Crippen LogP contribution in [-0.4, -0.2) is 57.9 Å². The second-order valence-corrected chi connectivity index (χ2v) is 11.9. The minimum Gasteiger partial charge on any atom is -0.481 e. The molecular formula is C35H59BrN4O4S. The molecule has 1 aromatic heterocycles. The maximum absolute atomic E-state index is 11.4. The maximum Gasteiger partial charge on any atom is 0.300 e. The number of carbonyl (C=O) groups is 3. The fraction of sp³-hybridized carbons (Fsp3) is 0.514. The molecule has 1 fully saturated rings. The molecule has 0 radical (unpaired) electrons. The maximum atomic E-state index is 11.4. The lowest BCUT2D eigenvalue weighted by Crippen LogP contribution is -2.24. The molecule has 1 aromatic rings. The van der Waals surface area contributed by atoms with Gasteiger partial charge in [0.05, 0.1) is 9.38 Å². The third kappa shape index (κ3) is 29.5. The van der Waals surface area contributed by atoms with Crippen LogP contribution < -0.4 is 5.32 Å². The predicted octanol–water partition coefficient (Wildman–Crippen LogP) is 9.17. The minimum absolute atomic E-state index is 0.0208. The summed E-state index contributed by atoms with van der Waals surface area (Å²) >= 11 is 4.75. The van der Waals surface area contributed by atoms with Gasteiger partial charge in [0.2, 0.25) is 5.91 Å². The van der Waals surface area contributed by atoms with Crippen molar-refractivity contribution in [2.24, 2.45) is 5.41 Å². The molecule has 45 heavy (non-hydrogen) atoms. The molecule has 0 saturated carbocycles. The molecule has 0 spiro atoms. The zero-order valence-electron chi connectivity index (χ0n) is 29.6. The van der Waals surface area contributed by atoms with Crippen LogP contribution in [0, 0.1) is 5.41 Å². The number of aliphatic carboxylic acids is 1. The zero-order valence-corrected chi connectivity index (χ0v) is 32.0. The normalized spacial score (nSPS) is 12.2. The van der Waals surface area contributed by atoms with E-state index in [2.05, 4.69) is 104 Å². The van der Waals surface area contributed by atoms with Crippen LogP contribution >= 0.6 is 27.7 Å². The van der Waals surface area contributed by atoms with Gasteiger partial charge in [-0.3, -0.25) is 14.4 Å². The first kappa shape index (κ1) is 48.9. The zero-order chi connectivity index (χ0) is 36.0. The largest absolute Gasteiger partial charge is 0.481 e. The van der Waals surface area contributed by atoms with Gasteiger partial charge in [-0.25, -0.2) is 9.97 Å². The molecule has 0 bridgehead atoms. The number of nitrogens with zero attached hydrogens (tertiary/aromatic N) is 3. The SMILES string of the molecule is C/C=C(\C=C/Cc1ncc(Br)cn1)CC.C=C.C=C(S/C(=C\C)C(=O)NC)C(C)(C)C.CC.CC(=O)N1CCCC1.CC(=O)O. The van der Waals surface area contributed by atoms with Gasteiger partial charge in [-0.05, 0) is 59.4 Å². The van der Waals surface area contributed by atoms with E-state index in [4.69, 9.17) is 9.90 Å². The average molecular weight is 712 g/mol. The number of likely N-dealkylation sites (tertiary alicyclic amines) is 1. The van der Waals surface area contributed by atoms with Gasteiger partial charge >= 0.3 is 0 Å². The topological polar surface area (TPSA) is 112 Å². The van der Waals surface area contributed by atoms with E-state index >= 15 is 0 Å². The Hall–Kier alpha value is -2.98. The number of hydrogen-bond acceptors (Lipinski definition) is 6. The van der Waals surface area contributed by atoms with Gasteiger partial charge in [0, 0.05) is 52.8 Å². The van der Waals surface area contributed by atoms with E-state index < -0.39 is 5.97 Å². The van der Waals surface area contributed by atoms with Crippen molar-refractivity contribution in [3.8, 4) is 0 Å². The Labute approximate surface area is 286 Å². The number of thioether (sulfide) groups is 1. The summed E-state index contributed by atoms with van der Waals surface area (Å²) in [5, 5.41) is 10.0. The molecular weight excluding hydrogens is 652 g/mol. The van der Waals surface area contributed by atoms with E-state index in [1.807, 2.05) is 25.7 Å². The van der Waals surface area contributed by atoms with Crippen LogP contribution in [0.4, 0.5) is 0 Å². The number of hydrogen-bond donors (Lipinski definition) is 2. The van der Waals surface area contributed by atoms with Gasteiger partial charge in [-0.15, -0.1) is 13.2 Å². The summed E-state index contributed by atoms with van der Waals surface area (Å²) in [4.78, 5) is 42.9. The first-order valence-electron chi connectivity index (χ1n) is 15.1. The lowest BCUT2D eigenvalue weighted by atomic mass is 9.97. The molecule has 0 atom stereocenters. The molecule has 2 N–H and O–H groups in total. The molecule has 2 heterocycles. The van der Waals surface area contributed by atoms with E-state index in [1.54, 1.807) is 32.4 Å². The van der Waals surface area contributed by atoms with Crippen molar-refractivity contribution >= 4 is 45.5 Å². The first-order valence-corrected chi connectivity index (χ1v) is 16.7. The number of carboxylic acids is 1. The van der Waals surface area contributed by atoms with Gasteiger partial charge in [-0.2, -0.15) is 0 Å². The quantitative estimate of drug-likeness (QED) is 0.165. The molecule has 0 aromatic carbocycles. The predicted molar refractivity (Wildman–Crippen MR) is 198 cm³/mol. The molecule has 0 aliphatic carbocycles. The highest BCUT2D eigenvalue weighted by Gasteiger charge is 2.19. The highest BCUT2D eigenvalue weighted by Crippen LogP contribution is 2.37. The monoisotopic (exact) mass is 710 g/mol. The summed E-state index contributed by atoms with van der Waals surface area (Å²) in [6, 6.07) is 0. The van der Waals surface area contributed by atoms with E-state index in [0.29, 0.717) is 4.91 Å². The summed E-state index contributed by atoms with van der Waals surface area (Å²) in [6.45, 7) is 31.0. The smallest absolute Gasteiger partial charge is 0.300 e. The van der Waals surface area contributed by atoms with Crippen LogP contribution in [0.1, 0.15) is 94.3 Å². The Balaban J connectivity index is -0.000000257. The number of amides is 2. The lowest BCUT2D eigenvalue weighted by molar-refractivity contribution is -0.134. The van der Waals surface area contributed by atoms with Gasteiger partial charge in [0.25, 0.3) is 11.9 Å². The van der Waals surface area contributed by atoms with Crippen molar-refractivity contribution in [1.82, 2.24) is 20.2 Å². The molecule has 10 heteroatoms. The van der Waals surface area contributed by atoms with Crippen LogP contribution in [0.15, 0.2) is 76.3 Å². The Morgan fingerprint density at radius 1 is 1.07 bits per heavy atom. The van der Waals surface area contributed by atoms with Gasteiger partial charge < -0.3 is 15.3 Å². The van der Waals surface area contributed by atoms with Crippen molar-refractivity contribution in [3.05, 3.63) is 82.1 Å². The van der Waals surface area contributed by atoms with Crippen molar-refractivity contribution in [2.75, 3.05) is 20.1 Å². The number of rotatable bonds is 7. The van der Waals surface area contributed by atoms with Crippen LogP contribution in [0.25, 0.3) is 0 Å². The molecule has 1 aliphatic heterocycles. The van der Waals surface area contributed by atoms with E-state index in [-0.39, 0.29) is 17.2 Å². The Bertz CT molecular complexity index is 1050. The third-order valence-electron chi connectivity index (χ3n) is 5.42. The van der Waals surface area contributed by atoms with Crippen LogP contribution in [-0.2, 0) is 20.8 Å². The minimum atomic E-state index is -0.833. The van der Waals surface area contributed by atoms with E-state index in [1.165, 1.54) is 30.2 Å². The third-order valence-corrected chi connectivity index (χ3v) is 7.33. The van der Waals surface area contributed by atoms with Crippen LogP contribution in [0.2, 0.25) is 0 Å². The lowest BCUT2D eigenvalue weighted by Gasteiger charge is -2.21. The van der Waals surface area contributed by atoms with Crippen molar-refractivity contribution < 1.29 is 19.5 Å². The van der Waals surface area contributed by atoms with Crippen molar-refractivity contribution in [1.29, 1.82) is 0 Å². The number of carbonyl (C=O) groups excluding carboxylic acids is 2. The van der Waals surface area contributed by atoms with Crippen molar-refractivity contribution in [3.63, 3.8) is 0 Å². The molecule has 8 nitrogen and oxygen atoms in total. The summed E-state index contributed by atoms with van der Waals surface area (Å²) in [5.74, 6) is 0.186. The summed E-state index contributed by atoms with van der Waals surface area (Å²) in [5.41, 5.74) is 1.36. The number of likely N-dealkylation sites (N-methyl/N-ethyl adjacent to an activating group) is 1. The molecule has 1 aliphatic rings. The highest BCUT2D eigenvalue weighted by atomic mass is 79.9. The Morgan fingerprint density at radius 3 is 1.84 bits per heavy atom. The summed E-state index contributed by atoms with van der Waals surface area (Å²) < 4.78 is 0.915. The number of carboxylic acid groups (broad SMARTS) is 1. The van der Waals surface area contributed by atoms with E-state index in [0.717, 1.165) is 48.1 Å². The van der Waals surface area contributed by atoms with Crippen LogP contribution in [0.5, 0.6) is 0 Å². The standard InChI is InChI=1S/C12H15BrN2.C11H19NOS.C6H11NO.C2H4O2.C2H6.C2H4/c1-3-10(4-2)6-5-7-12-14-8-11(13)9-15-12;1-7-9(10(13)12-6)14-8(2)11(3,4)5;1-6(8)7-4-2-3-5-7;1-2(3)4;2*1-2/h3,5-6,8-9H,4,7H2,1-2H3;7H,2H2,1,3-6H3,(H,12,13);2-5H2,1H3;1H3,(H,3,4);1-2H3;1-2H2/b6-5-,10-3-;9-7-;;;;. The van der Waals surface area contributed by atoms with Gasteiger partial charge in [0.15, 0.2) is 0 Å². The summed E-state index contributed by atoms with van der Waals surface area (Å²) in [6.07, 6.45) is 15.9. The van der Waals surface area contributed by atoms with E-state index in [9.17, 15) is 9.59 Å². The molecule has 0 unspecified atom stereocenters. The second kappa shape index (κ2) is 31.0. The fourth-order valence-corrected chi connectivity index (χ4v) is 3.94. The number of nitrogens with one attached hydrogen (secondary N) is 1. The van der Waals surface area contributed by atoms with Gasteiger partial charge in [-0.1, -0.05) is 89.8 Å². The fourth-order valence-electron chi connectivity index (χ4n) is 2.86. The molecule has 2 amide bonds. The molecule has 256 valence electrons. The molecule has 2 rings (SSSR count). The average Bonchev–Trinajstić information content (AvgIpc) is 3.56. The van der Waals surface area contributed by atoms with Crippen LogP contribution in [0.3, 0.4) is 0 Å². The first-order chi connectivity index (χ1) is 21.1. The highest BCUT2D eigenvalue weighted by molar-refractivity contribution is 9.10. The second-order valence-electron chi connectivity index (χ2n) is 9.88. The molecule has 1 saturated heterocycles. The Kier molecular flexibility index (Phi) is 33.7. The number of aromatic nitrogens is 2. The summed E-state index contributed by atoms with van der Waals surface area (Å²) in [7, 11) is 1.63. The number of halogens is 1. The van der Waals surface area contributed by atoms with Crippen molar-refractivity contribution in [2.45, 2.75) is 94.9 Å². The Morgan fingerprint density at radius 2 is 1.53 bits per heavy atom. The van der Waals surface area contributed by atoms with Gasteiger partial charge in [0.1, 0.15) is 5.82 Å². The number of allylic oxidation sites excluding steroid dienone is 6.